The average Bonchev–Trinajstić information content (AvgIpc) is 2.91. The molecule has 4 rings (SSSR count). The van der Waals surface area contributed by atoms with Gasteiger partial charge in [-0.25, -0.2) is 4.57 Å². The Balaban J connectivity index is 1.65. The lowest BCUT2D eigenvalue weighted by Gasteiger charge is -2.59. The topological polar surface area (TPSA) is 141 Å². The van der Waals surface area contributed by atoms with Gasteiger partial charge in [-0.1, -0.05) is 25.5 Å². The van der Waals surface area contributed by atoms with E-state index < -0.39 is 42.7 Å². The molecule has 9 heteroatoms. The summed E-state index contributed by atoms with van der Waals surface area (Å²) in [5.41, 5.74) is -2.15. The number of allylic oxidation sites excluding steroid dienone is 4. The summed E-state index contributed by atoms with van der Waals surface area (Å²) in [6.07, 6.45) is 6.76. The van der Waals surface area contributed by atoms with Crippen LogP contribution in [-0.4, -0.2) is 49.9 Å². The SMILES string of the molecule is C[C@]12C=CC(=O)C=C1CC[C@H]1[C@H]2[C@H](O)C[C@]2(C)[C@@H]1CC[C@@]2(O)C(=O)COP(=O)(O)O. The highest BCUT2D eigenvalue weighted by Gasteiger charge is 2.68. The summed E-state index contributed by atoms with van der Waals surface area (Å²) in [5, 5.41) is 22.6. The van der Waals surface area contributed by atoms with Crippen LogP contribution in [-0.2, 0) is 18.7 Å². The highest BCUT2D eigenvalue weighted by atomic mass is 31.2. The summed E-state index contributed by atoms with van der Waals surface area (Å²) >= 11 is 0. The Kier molecular flexibility index (Phi) is 5.09. The molecule has 0 amide bonds. The van der Waals surface area contributed by atoms with Crippen LogP contribution in [0.4, 0.5) is 0 Å². The maximum atomic E-state index is 12.8. The molecule has 0 aliphatic heterocycles. The Morgan fingerprint density at radius 3 is 2.67 bits per heavy atom. The second-order valence-electron chi connectivity index (χ2n) is 9.80. The van der Waals surface area contributed by atoms with Crippen LogP contribution < -0.4 is 0 Å². The molecule has 7 atom stereocenters. The zero-order chi connectivity index (χ0) is 22.1. The lowest BCUT2D eigenvalue weighted by Crippen LogP contribution is -2.61. The van der Waals surface area contributed by atoms with Crippen molar-refractivity contribution in [3.63, 3.8) is 0 Å². The van der Waals surface area contributed by atoms with Gasteiger partial charge in [0.05, 0.1) is 6.10 Å². The van der Waals surface area contributed by atoms with Crippen molar-refractivity contribution in [2.24, 2.45) is 28.6 Å². The van der Waals surface area contributed by atoms with E-state index in [-0.39, 0.29) is 36.4 Å². The van der Waals surface area contributed by atoms with Crippen molar-refractivity contribution in [1.29, 1.82) is 0 Å². The third-order valence-electron chi connectivity index (χ3n) is 8.47. The second kappa shape index (κ2) is 6.92. The first-order chi connectivity index (χ1) is 13.8. The van der Waals surface area contributed by atoms with E-state index in [1.807, 2.05) is 13.0 Å². The summed E-state index contributed by atoms with van der Waals surface area (Å²) in [6, 6.07) is 0. The van der Waals surface area contributed by atoms with E-state index in [1.165, 1.54) is 0 Å². The van der Waals surface area contributed by atoms with E-state index in [2.05, 4.69) is 4.52 Å². The Morgan fingerprint density at radius 1 is 1.30 bits per heavy atom. The van der Waals surface area contributed by atoms with Crippen molar-refractivity contribution in [2.45, 2.75) is 57.7 Å². The standard InChI is InChI=1S/C21H29O8P/c1-19-7-5-13(22)9-12(19)3-4-14-15-6-8-21(25,17(24)11-29-30(26,27)28)20(15,2)10-16(23)18(14)19/h5,7,9,14-16,18,23,25H,3-4,6,8,10-11H2,1-2H3,(H2,26,27,28)/t14-,15-,16-,18+,19+,20-,21-/m1/s1. The number of phosphoric ester groups is 1. The van der Waals surface area contributed by atoms with Crippen molar-refractivity contribution in [1.82, 2.24) is 0 Å². The number of carbonyl (C=O) groups excluding carboxylic acids is 2. The fraction of sp³-hybridized carbons (Fsp3) is 0.714. The van der Waals surface area contributed by atoms with Crippen LogP contribution in [0.1, 0.15) is 46.0 Å². The predicted octanol–water partition coefficient (Wildman–Crippen LogP) is 1.67. The fourth-order valence-corrected chi connectivity index (χ4v) is 7.34. The van der Waals surface area contributed by atoms with Crippen LogP contribution in [0.3, 0.4) is 0 Å². The van der Waals surface area contributed by atoms with Crippen LogP contribution in [0.2, 0.25) is 0 Å². The van der Waals surface area contributed by atoms with Crippen LogP contribution in [0, 0.1) is 28.6 Å². The molecule has 0 bridgehead atoms. The predicted molar refractivity (Wildman–Crippen MR) is 106 cm³/mol. The molecule has 0 aromatic heterocycles. The Morgan fingerprint density at radius 2 is 2.00 bits per heavy atom. The zero-order valence-electron chi connectivity index (χ0n) is 17.2. The minimum atomic E-state index is -4.84. The molecule has 30 heavy (non-hydrogen) atoms. The number of aliphatic hydroxyl groups is 2. The largest absolute Gasteiger partial charge is 0.470 e. The van der Waals surface area contributed by atoms with Crippen LogP contribution >= 0.6 is 7.82 Å². The van der Waals surface area contributed by atoms with Gasteiger partial charge in [0.2, 0.25) is 0 Å². The van der Waals surface area contributed by atoms with E-state index in [0.717, 1.165) is 18.4 Å². The summed E-state index contributed by atoms with van der Waals surface area (Å²) in [7, 11) is -4.84. The van der Waals surface area contributed by atoms with Crippen molar-refractivity contribution in [3.8, 4) is 0 Å². The molecule has 3 saturated carbocycles. The normalized spacial score (nSPS) is 45.4. The van der Waals surface area contributed by atoms with Gasteiger partial charge in [-0.2, -0.15) is 0 Å². The van der Waals surface area contributed by atoms with Crippen LogP contribution in [0.25, 0.3) is 0 Å². The molecule has 0 saturated heterocycles. The molecular weight excluding hydrogens is 411 g/mol. The third kappa shape index (κ3) is 3.12. The summed E-state index contributed by atoms with van der Waals surface area (Å²) in [5.74, 6) is -0.888. The van der Waals surface area contributed by atoms with Crippen LogP contribution in [0.15, 0.2) is 23.8 Å². The van der Waals surface area contributed by atoms with Gasteiger partial charge in [-0.3, -0.25) is 14.1 Å². The highest BCUT2D eigenvalue weighted by molar-refractivity contribution is 7.46. The molecule has 0 aromatic carbocycles. The first-order valence-electron chi connectivity index (χ1n) is 10.4. The second-order valence-corrected chi connectivity index (χ2v) is 11.0. The molecule has 0 spiro atoms. The Labute approximate surface area is 175 Å². The molecule has 0 unspecified atom stereocenters. The number of carbonyl (C=O) groups is 2. The van der Waals surface area contributed by atoms with E-state index >= 15 is 0 Å². The zero-order valence-corrected chi connectivity index (χ0v) is 18.0. The fourth-order valence-electron chi connectivity index (χ4n) is 7.05. The van der Waals surface area contributed by atoms with Gasteiger partial charge >= 0.3 is 7.82 Å². The lowest BCUT2D eigenvalue weighted by molar-refractivity contribution is -0.178. The van der Waals surface area contributed by atoms with Gasteiger partial charge in [0.15, 0.2) is 11.6 Å². The molecule has 8 nitrogen and oxygen atoms in total. The smallest absolute Gasteiger partial charge is 0.393 e. The van der Waals surface area contributed by atoms with Crippen molar-refractivity contribution < 1.29 is 38.7 Å². The maximum Gasteiger partial charge on any atom is 0.470 e. The van der Waals surface area contributed by atoms with Crippen molar-refractivity contribution in [2.75, 3.05) is 6.61 Å². The third-order valence-corrected chi connectivity index (χ3v) is 8.94. The highest BCUT2D eigenvalue weighted by Crippen LogP contribution is 2.67. The minimum absolute atomic E-state index is 0.0284. The number of fused-ring (bicyclic) bond motifs is 5. The molecule has 4 aliphatic rings. The molecule has 4 aliphatic carbocycles. The molecule has 4 N–H and O–H groups in total. The van der Waals surface area contributed by atoms with Gasteiger partial charge in [0.1, 0.15) is 12.2 Å². The number of hydrogen-bond acceptors (Lipinski definition) is 6. The van der Waals surface area contributed by atoms with Crippen LogP contribution in [0.5, 0.6) is 0 Å². The number of Topliss-reactive ketones (excluding diaryl/α,β-unsaturated/α-hetero) is 1. The monoisotopic (exact) mass is 440 g/mol. The number of aliphatic hydroxyl groups excluding tert-OH is 1. The van der Waals surface area contributed by atoms with Gasteiger partial charge in [-0.05, 0) is 56.1 Å². The molecule has 3 fully saturated rings. The van der Waals surface area contributed by atoms with Gasteiger partial charge in [0.25, 0.3) is 0 Å². The quantitative estimate of drug-likeness (QED) is 0.484. The number of ketones is 2. The maximum absolute atomic E-state index is 12.8. The Hall–Kier alpha value is -1.15. The van der Waals surface area contributed by atoms with E-state index in [4.69, 9.17) is 9.79 Å². The molecular formula is C21H29O8P. The molecule has 0 heterocycles. The van der Waals surface area contributed by atoms with Gasteiger partial charge < -0.3 is 20.0 Å². The molecule has 166 valence electrons. The van der Waals surface area contributed by atoms with E-state index in [1.54, 1.807) is 19.1 Å². The molecule has 0 aromatic rings. The summed E-state index contributed by atoms with van der Waals surface area (Å²) in [4.78, 5) is 42.5. The van der Waals surface area contributed by atoms with Crippen molar-refractivity contribution >= 4 is 19.4 Å². The van der Waals surface area contributed by atoms with Gasteiger partial charge in [-0.15, -0.1) is 0 Å². The number of phosphoric acid groups is 1. The number of rotatable bonds is 4. The Bertz CT molecular complexity index is 889. The molecule has 0 radical (unpaired) electrons. The van der Waals surface area contributed by atoms with Gasteiger partial charge in [0, 0.05) is 16.7 Å². The first kappa shape index (κ1) is 22.1. The average molecular weight is 440 g/mol. The minimum Gasteiger partial charge on any atom is -0.393 e. The van der Waals surface area contributed by atoms with E-state index in [0.29, 0.717) is 6.42 Å². The summed E-state index contributed by atoms with van der Waals surface area (Å²) in [6.45, 7) is 2.97. The summed E-state index contributed by atoms with van der Waals surface area (Å²) < 4.78 is 15.4. The first-order valence-corrected chi connectivity index (χ1v) is 11.9. The lowest BCUT2D eigenvalue weighted by atomic mass is 9.46. The number of hydrogen-bond donors (Lipinski definition) is 4. The van der Waals surface area contributed by atoms with Crippen molar-refractivity contribution in [3.05, 3.63) is 23.8 Å². The van der Waals surface area contributed by atoms with E-state index in [9.17, 15) is 24.4 Å².